The van der Waals surface area contributed by atoms with E-state index < -0.39 is 132 Å². The van der Waals surface area contributed by atoms with E-state index in [1.165, 1.54) is 41.9 Å². The van der Waals surface area contributed by atoms with E-state index in [0.717, 1.165) is 10.8 Å². The van der Waals surface area contributed by atoms with E-state index in [4.69, 9.17) is 34.5 Å². The Morgan fingerprint density at radius 1 is 0.585 bits per heavy atom. The van der Waals surface area contributed by atoms with E-state index in [0.29, 0.717) is 51.0 Å². The fourth-order valence-corrected chi connectivity index (χ4v) is 12.4. The quantitative estimate of drug-likeness (QED) is 0.0103. The Kier molecular flexibility index (Phi) is 30.8. The van der Waals surface area contributed by atoms with Crippen LogP contribution < -0.4 is 70.8 Å². The number of aromatic nitrogens is 2. The van der Waals surface area contributed by atoms with Gasteiger partial charge in [0.05, 0.1) is 12.1 Å². The molecule has 0 saturated carbocycles. The Labute approximate surface area is 616 Å². The molecule has 1 aliphatic rings. The topological polar surface area (TPSA) is 503 Å². The lowest BCUT2D eigenvalue weighted by molar-refractivity contribution is -0.144. The second-order valence-electron chi connectivity index (χ2n) is 26.3. The van der Waals surface area contributed by atoms with Crippen LogP contribution in [0.1, 0.15) is 94.9 Å². The van der Waals surface area contributed by atoms with E-state index in [1.807, 2.05) is 42.5 Å². The van der Waals surface area contributed by atoms with Crippen LogP contribution in [0.15, 0.2) is 132 Å². The van der Waals surface area contributed by atoms with Crippen molar-refractivity contribution in [2.75, 3.05) is 26.2 Å². The number of hydrogen-bond acceptors (Lipinski definition) is 16. The Morgan fingerprint density at radius 3 is 1.68 bits per heavy atom. The van der Waals surface area contributed by atoms with Crippen LogP contribution in [0.2, 0.25) is 5.02 Å². The summed E-state index contributed by atoms with van der Waals surface area (Å²) in [6, 6.07) is 15.1. The van der Waals surface area contributed by atoms with Gasteiger partial charge in [-0.2, -0.15) is 0 Å². The fraction of sp³-hybridized carbons (Fsp3) is 0.411. The zero-order valence-corrected chi connectivity index (χ0v) is 60.1. The molecule has 1 saturated heterocycles. The van der Waals surface area contributed by atoms with E-state index in [2.05, 4.69) is 62.8 Å². The van der Waals surface area contributed by atoms with Gasteiger partial charge < -0.3 is 85.9 Å². The summed E-state index contributed by atoms with van der Waals surface area (Å²) in [5, 5.41) is 47.1. The molecule has 3 heterocycles. The van der Waals surface area contributed by atoms with Crippen LogP contribution in [0, 0.1) is 5.92 Å². The Hall–Kier alpha value is -11.5. The number of rotatable bonds is 39. The zero-order chi connectivity index (χ0) is 77.1. The maximum Gasteiger partial charge on any atom is 0.325 e. The number of hydrogen-bond donors (Lipinski definition) is 15. The molecule has 32 nitrogen and oxygen atoms in total. The molecule has 6 aromatic rings. The molecule has 7 rings (SSSR count). The predicted octanol–water partition coefficient (Wildman–Crippen LogP) is -0.224. The minimum Gasteiger partial charge on any atom is -0.480 e. The minimum absolute atomic E-state index is 0.00479. The molecule has 0 unspecified atom stereocenters. The molecular weight excluding hydrogens is 1390 g/mol. The first-order chi connectivity index (χ1) is 50.6. The molecule has 4 aromatic carbocycles. The molecule has 0 spiro atoms. The monoisotopic (exact) mass is 1480 g/mol. The van der Waals surface area contributed by atoms with Gasteiger partial charge in [-0.1, -0.05) is 104 Å². The molecule has 566 valence electrons. The number of aliphatic carboxylic acids is 1. The van der Waals surface area contributed by atoms with Gasteiger partial charge in [0.15, 0.2) is 11.9 Å². The number of guanidine groups is 2. The summed E-state index contributed by atoms with van der Waals surface area (Å²) >= 11 is 6.24. The SMILES string of the molecule is CC(=O)N[C@H](Cc1ccc2ccccc2c1)C(=O)N[C@H](Cc1ccc(Cl)cc1)C(=O)N[C@H](Cc1cccnc1)C(=O)N[C@@H](CO)C(=O)N[C@@H](CCCN=C(N)N)C(=O)N[C@H](Cc1cn(C=O)c2ccccc12)C(=O)N[C@@H](CC(C)C)C(=O)N[C@@H](CCCN=C(N)N)C(=O)N1CCC[C@H]1C(=O)N[C@H](C)C(=O)O. The van der Waals surface area contributed by atoms with Gasteiger partial charge in [-0.15, -0.1) is 0 Å². The van der Waals surface area contributed by atoms with E-state index in [9.17, 15) is 58.2 Å². The third kappa shape index (κ3) is 24.6. The van der Waals surface area contributed by atoms with Crippen molar-refractivity contribution in [3.63, 3.8) is 0 Å². The lowest BCUT2D eigenvalue weighted by Crippen LogP contribution is -2.61. The molecule has 106 heavy (non-hydrogen) atoms. The first kappa shape index (κ1) is 81.8. The van der Waals surface area contributed by atoms with Crippen molar-refractivity contribution in [3.8, 4) is 0 Å². The second-order valence-corrected chi connectivity index (χ2v) is 26.8. The van der Waals surface area contributed by atoms with Crippen molar-refractivity contribution in [1.29, 1.82) is 0 Å². The third-order valence-electron chi connectivity index (χ3n) is 17.6. The van der Waals surface area contributed by atoms with Gasteiger partial charge in [0.25, 0.3) is 0 Å². The molecule has 10 atom stereocenters. The molecule has 19 N–H and O–H groups in total. The second kappa shape index (κ2) is 39.9. The van der Waals surface area contributed by atoms with Crippen molar-refractivity contribution in [2.24, 2.45) is 38.8 Å². The van der Waals surface area contributed by atoms with Crippen LogP contribution in [0.5, 0.6) is 0 Å². The number of carboxylic acid groups (broad SMARTS) is 1. The Bertz CT molecular complexity index is 4170. The van der Waals surface area contributed by atoms with Crippen LogP contribution in [0.3, 0.4) is 0 Å². The third-order valence-corrected chi connectivity index (χ3v) is 17.8. The summed E-state index contributed by atoms with van der Waals surface area (Å²) in [7, 11) is 0. The van der Waals surface area contributed by atoms with Gasteiger partial charge >= 0.3 is 5.97 Å². The number of amides is 10. The molecular formula is C73H93ClN18O14. The summed E-state index contributed by atoms with van der Waals surface area (Å²) in [5.41, 5.74) is 24.9. The average molecular weight is 1480 g/mol. The largest absolute Gasteiger partial charge is 0.480 e. The highest BCUT2D eigenvalue weighted by Crippen LogP contribution is 2.25. The number of carbonyl (C=O) groups excluding carboxylic acids is 11. The van der Waals surface area contributed by atoms with Crippen molar-refractivity contribution in [3.05, 3.63) is 149 Å². The number of benzene rings is 4. The first-order valence-corrected chi connectivity index (χ1v) is 35.1. The molecule has 2 aromatic heterocycles. The number of nitrogens with two attached hydrogens (primary N) is 4. The standard InChI is InChI=1S/C73H93ClN18O14/c1-41(2)31-54(63(97)85-53(18-11-29-81-73(77)78)70(104)92-30-12-20-61(92)69(103)82-42(3)71(105)106)86-67(101)58(36-49-38-91(40-94)60-19-8-7-16-51(49)60)89-62(96)52(17-10-28-80-72(75)76)84-68(102)59(39-93)90-66(100)57(35-46-13-9-27-79-37-46)88-65(99)56(33-44-22-25-50(74)26-23-44)87-64(98)55(83-43(4)95)34-45-21-24-47-14-5-6-15-48(47)32-45/h5-9,13-16,19,21-27,32,37-38,40-42,52-59,61,93H,10-12,17-18,20,28-31,33-36,39H2,1-4H3,(H,82,103)(H,83,95)(H,84,102)(H,85,97)(H,86,101)(H,87,98)(H,88,99)(H,89,96)(H,90,100)(H,105,106)(H4,75,76,80)(H4,77,78,81)/t42-,52+,53+,54+,55-,56-,57-,58-,59+,61+/m1/s1. The highest BCUT2D eigenvalue weighted by molar-refractivity contribution is 6.30. The van der Waals surface area contributed by atoms with E-state index >= 15 is 9.59 Å². The van der Waals surface area contributed by atoms with Crippen LogP contribution in [0.4, 0.5) is 0 Å². The Balaban J connectivity index is 1.16. The van der Waals surface area contributed by atoms with E-state index in [-0.39, 0.29) is 102 Å². The average Bonchev–Trinajstić information content (AvgIpc) is 1.63. The number of aliphatic hydroxyl groups is 1. The van der Waals surface area contributed by atoms with E-state index in [1.54, 1.807) is 74.5 Å². The summed E-state index contributed by atoms with van der Waals surface area (Å²) < 4.78 is 1.27. The number of likely N-dealkylation sites (tertiary alicyclic amines) is 1. The van der Waals surface area contributed by atoms with Gasteiger partial charge in [-0.25, -0.2) is 0 Å². The number of nitrogens with zero attached hydrogens (tertiary/aromatic N) is 5. The number of halogens is 1. The summed E-state index contributed by atoms with van der Waals surface area (Å²) in [6.45, 7) is 5.00. The van der Waals surface area contributed by atoms with Crippen LogP contribution in [-0.4, -0.2) is 195 Å². The highest BCUT2D eigenvalue weighted by Gasteiger charge is 2.41. The van der Waals surface area contributed by atoms with Gasteiger partial charge in [0, 0.05) is 81.2 Å². The number of aliphatic imine (C=N–C) groups is 2. The van der Waals surface area contributed by atoms with Gasteiger partial charge in [-0.3, -0.25) is 77.1 Å². The van der Waals surface area contributed by atoms with Crippen LogP contribution in [0.25, 0.3) is 21.7 Å². The predicted molar refractivity (Wildman–Crippen MR) is 396 cm³/mol. The maximum atomic E-state index is 15.2. The van der Waals surface area contributed by atoms with Gasteiger partial charge in [-0.05, 0) is 115 Å². The number of fused-ring (bicyclic) bond motifs is 2. The molecule has 33 heteroatoms. The molecule has 0 bridgehead atoms. The maximum absolute atomic E-state index is 15.2. The minimum atomic E-state index is -1.85. The van der Waals surface area contributed by atoms with Crippen molar-refractivity contribution in [1.82, 2.24) is 62.3 Å². The van der Waals surface area contributed by atoms with Crippen LogP contribution >= 0.6 is 11.6 Å². The lowest BCUT2D eigenvalue weighted by Gasteiger charge is -2.31. The molecule has 0 aliphatic carbocycles. The normalized spacial score (nSPS) is 15.1. The van der Waals surface area contributed by atoms with Crippen molar-refractivity contribution >= 4 is 117 Å². The molecule has 10 amide bonds. The summed E-state index contributed by atoms with van der Waals surface area (Å²) in [4.78, 5) is 182. The number of nitrogens with one attached hydrogen (secondary N) is 9. The smallest absolute Gasteiger partial charge is 0.325 e. The van der Waals surface area contributed by atoms with Gasteiger partial charge in [0.1, 0.15) is 60.4 Å². The van der Waals surface area contributed by atoms with Crippen molar-refractivity contribution < 1.29 is 67.7 Å². The van der Waals surface area contributed by atoms with Crippen molar-refractivity contribution in [2.45, 2.75) is 159 Å². The number of pyridine rings is 1. The molecule has 0 radical (unpaired) electrons. The van der Waals surface area contributed by atoms with Gasteiger partial charge in [0.2, 0.25) is 65.5 Å². The summed E-state index contributed by atoms with van der Waals surface area (Å²) in [6.07, 6.45) is 4.52. The number of aliphatic hydroxyl groups excluding tert-OH is 1. The number of para-hydroxylation sites is 1. The lowest BCUT2D eigenvalue weighted by atomic mass is 9.99. The molecule has 1 fully saturated rings. The molecule has 1 aliphatic heterocycles. The number of carboxylic acids is 1. The zero-order valence-electron chi connectivity index (χ0n) is 59.3. The fourth-order valence-electron chi connectivity index (χ4n) is 12.3. The number of carbonyl (C=O) groups is 12. The highest BCUT2D eigenvalue weighted by atomic mass is 35.5. The first-order valence-electron chi connectivity index (χ1n) is 34.7. The summed E-state index contributed by atoms with van der Waals surface area (Å²) in [5.74, 6) is -10.6. The Morgan fingerprint density at radius 2 is 1.09 bits per heavy atom. The van der Waals surface area contributed by atoms with Crippen LogP contribution in [-0.2, 0) is 83.2 Å².